The van der Waals surface area contributed by atoms with Crippen LogP contribution in [0.5, 0.6) is 5.75 Å². The Bertz CT molecular complexity index is 1250. The highest BCUT2D eigenvalue weighted by Crippen LogP contribution is 2.26. The Hall–Kier alpha value is -3.23. The van der Waals surface area contributed by atoms with E-state index < -0.39 is 10.0 Å². The van der Waals surface area contributed by atoms with Crippen LogP contribution in [0.15, 0.2) is 78.9 Å². The summed E-state index contributed by atoms with van der Waals surface area (Å²) in [5.74, 6) is 0.425. The summed E-state index contributed by atoms with van der Waals surface area (Å²) >= 11 is 6.23. The molecule has 1 heterocycles. The maximum Gasteiger partial charge on any atom is 0.260 e. The quantitative estimate of drug-likeness (QED) is 0.455. The highest BCUT2D eigenvalue weighted by atomic mass is 35.5. The fourth-order valence-electron chi connectivity index (χ4n) is 3.98. The fraction of sp³-hybridized carbons (Fsp3) is 0.269. The molecule has 0 spiro atoms. The SMILES string of the molecule is CS(=O)(=O)N(Cc1ccccc1Cl)c1ccc(OCC(=O)N2CCN(c3ccccc3)CC2)cc1. The van der Waals surface area contributed by atoms with E-state index in [0.717, 1.165) is 25.0 Å². The van der Waals surface area contributed by atoms with Gasteiger partial charge in [-0.25, -0.2) is 8.42 Å². The standard InChI is InChI=1S/C26H28ClN3O4S/c1-35(32,33)30(19-21-7-5-6-10-25(21)27)23-11-13-24(14-12-23)34-20-26(31)29-17-15-28(16-18-29)22-8-3-2-4-9-22/h2-14H,15-20H2,1H3. The van der Waals surface area contributed by atoms with Crippen molar-refractivity contribution < 1.29 is 17.9 Å². The van der Waals surface area contributed by atoms with Gasteiger partial charge >= 0.3 is 0 Å². The predicted molar refractivity (Wildman–Crippen MR) is 140 cm³/mol. The van der Waals surface area contributed by atoms with E-state index in [0.29, 0.717) is 35.1 Å². The van der Waals surface area contributed by atoms with E-state index in [-0.39, 0.29) is 19.1 Å². The third-order valence-electron chi connectivity index (χ3n) is 5.91. The first kappa shape index (κ1) is 24.9. The minimum Gasteiger partial charge on any atom is -0.484 e. The van der Waals surface area contributed by atoms with Crippen molar-refractivity contribution in [2.24, 2.45) is 0 Å². The van der Waals surface area contributed by atoms with Crippen LogP contribution < -0.4 is 13.9 Å². The average Bonchev–Trinajstić information content (AvgIpc) is 2.87. The maximum atomic E-state index is 12.6. The molecule has 0 N–H and O–H groups in total. The second-order valence-electron chi connectivity index (χ2n) is 8.35. The largest absolute Gasteiger partial charge is 0.484 e. The summed E-state index contributed by atoms with van der Waals surface area (Å²) in [7, 11) is -3.54. The first-order chi connectivity index (χ1) is 16.8. The first-order valence-electron chi connectivity index (χ1n) is 11.3. The lowest BCUT2D eigenvalue weighted by Gasteiger charge is -2.36. The Kier molecular flexibility index (Phi) is 7.83. The van der Waals surface area contributed by atoms with Crippen molar-refractivity contribution in [3.8, 4) is 5.75 Å². The Morgan fingerprint density at radius 1 is 0.914 bits per heavy atom. The van der Waals surface area contributed by atoms with E-state index in [1.54, 1.807) is 42.5 Å². The Balaban J connectivity index is 1.33. The third kappa shape index (κ3) is 6.46. The number of nitrogens with zero attached hydrogens (tertiary/aromatic N) is 3. The van der Waals surface area contributed by atoms with E-state index in [2.05, 4.69) is 17.0 Å². The molecule has 0 aliphatic carbocycles. The summed E-state index contributed by atoms with van der Waals surface area (Å²) in [6, 6.07) is 24.0. The molecule has 0 aromatic heterocycles. The second kappa shape index (κ2) is 11.0. The van der Waals surface area contributed by atoms with Gasteiger partial charge in [0.05, 0.1) is 18.5 Å². The molecular formula is C26H28ClN3O4S. The number of ether oxygens (including phenoxy) is 1. The molecule has 0 unspecified atom stereocenters. The minimum atomic E-state index is -3.54. The van der Waals surface area contributed by atoms with Gasteiger partial charge < -0.3 is 14.5 Å². The maximum absolute atomic E-state index is 12.6. The van der Waals surface area contributed by atoms with Gasteiger partial charge in [0, 0.05) is 36.9 Å². The van der Waals surface area contributed by atoms with Crippen LogP contribution in [0.25, 0.3) is 0 Å². The van der Waals surface area contributed by atoms with Crippen LogP contribution in [0.3, 0.4) is 0 Å². The van der Waals surface area contributed by atoms with Crippen molar-refractivity contribution in [2.45, 2.75) is 6.54 Å². The van der Waals surface area contributed by atoms with E-state index in [9.17, 15) is 13.2 Å². The molecule has 1 saturated heterocycles. The van der Waals surface area contributed by atoms with Gasteiger partial charge in [-0.05, 0) is 48.0 Å². The monoisotopic (exact) mass is 513 g/mol. The number of carbonyl (C=O) groups excluding carboxylic acids is 1. The topological polar surface area (TPSA) is 70.2 Å². The minimum absolute atomic E-state index is 0.0693. The van der Waals surface area contributed by atoms with Crippen LogP contribution in [-0.2, 0) is 21.4 Å². The summed E-state index contributed by atoms with van der Waals surface area (Å²) in [6.07, 6.45) is 1.16. The lowest BCUT2D eigenvalue weighted by molar-refractivity contribution is -0.133. The number of para-hydroxylation sites is 1. The number of halogens is 1. The zero-order valence-corrected chi connectivity index (χ0v) is 21.1. The highest BCUT2D eigenvalue weighted by molar-refractivity contribution is 7.92. The summed E-state index contributed by atoms with van der Waals surface area (Å²) in [5.41, 5.74) is 2.36. The molecule has 1 amide bonds. The fourth-order valence-corrected chi connectivity index (χ4v) is 5.05. The smallest absolute Gasteiger partial charge is 0.260 e. The molecule has 184 valence electrons. The van der Waals surface area contributed by atoms with Crippen LogP contribution in [0, 0.1) is 0 Å². The molecule has 9 heteroatoms. The van der Waals surface area contributed by atoms with Gasteiger partial charge in [-0.1, -0.05) is 48.0 Å². The number of hydrogen-bond acceptors (Lipinski definition) is 5. The van der Waals surface area contributed by atoms with Gasteiger partial charge in [-0.3, -0.25) is 9.10 Å². The number of amides is 1. The van der Waals surface area contributed by atoms with Gasteiger partial charge in [0.15, 0.2) is 6.61 Å². The molecular weight excluding hydrogens is 486 g/mol. The van der Waals surface area contributed by atoms with Crippen LogP contribution in [0.2, 0.25) is 5.02 Å². The van der Waals surface area contributed by atoms with Crippen LogP contribution in [0.4, 0.5) is 11.4 Å². The summed E-state index contributed by atoms with van der Waals surface area (Å²) in [5, 5.41) is 0.504. The molecule has 4 rings (SSSR count). The Morgan fingerprint density at radius 2 is 1.54 bits per heavy atom. The van der Waals surface area contributed by atoms with Crippen molar-refractivity contribution in [2.75, 3.05) is 48.2 Å². The molecule has 1 aliphatic heterocycles. The number of hydrogen-bond donors (Lipinski definition) is 0. The molecule has 7 nitrogen and oxygen atoms in total. The molecule has 1 fully saturated rings. The molecule has 0 atom stereocenters. The molecule has 0 radical (unpaired) electrons. The zero-order chi connectivity index (χ0) is 24.8. The van der Waals surface area contributed by atoms with Crippen LogP contribution in [0.1, 0.15) is 5.56 Å². The second-order valence-corrected chi connectivity index (χ2v) is 10.7. The van der Waals surface area contributed by atoms with Crippen LogP contribution in [-0.4, -0.2) is 58.3 Å². The highest BCUT2D eigenvalue weighted by Gasteiger charge is 2.22. The van der Waals surface area contributed by atoms with Gasteiger partial charge in [-0.2, -0.15) is 0 Å². The van der Waals surface area contributed by atoms with Gasteiger partial charge in [-0.15, -0.1) is 0 Å². The lowest BCUT2D eigenvalue weighted by atomic mass is 10.2. The molecule has 0 bridgehead atoms. The molecule has 35 heavy (non-hydrogen) atoms. The number of rotatable bonds is 8. The van der Waals surface area contributed by atoms with Crippen molar-refractivity contribution in [1.29, 1.82) is 0 Å². The zero-order valence-electron chi connectivity index (χ0n) is 19.5. The molecule has 0 saturated carbocycles. The van der Waals surface area contributed by atoms with E-state index >= 15 is 0 Å². The van der Waals surface area contributed by atoms with E-state index in [1.165, 1.54) is 4.31 Å². The van der Waals surface area contributed by atoms with Gasteiger partial charge in [0.25, 0.3) is 5.91 Å². The molecule has 3 aromatic carbocycles. The lowest BCUT2D eigenvalue weighted by Crippen LogP contribution is -2.50. The van der Waals surface area contributed by atoms with Crippen molar-refractivity contribution >= 4 is 38.9 Å². The Labute approximate surface area is 211 Å². The number of anilines is 2. The van der Waals surface area contributed by atoms with E-state index in [4.69, 9.17) is 16.3 Å². The van der Waals surface area contributed by atoms with Crippen LogP contribution >= 0.6 is 11.6 Å². The number of sulfonamides is 1. The van der Waals surface area contributed by atoms with Crippen molar-refractivity contribution in [1.82, 2.24) is 4.90 Å². The van der Waals surface area contributed by atoms with Crippen molar-refractivity contribution in [3.63, 3.8) is 0 Å². The van der Waals surface area contributed by atoms with E-state index in [1.807, 2.05) is 29.2 Å². The molecule has 3 aromatic rings. The number of piperazine rings is 1. The number of benzene rings is 3. The summed E-state index contributed by atoms with van der Waals surface area (Å²) < 4.78 is 31.9. The predicted octanol–water partition coefficient (Wildman–Crippen LogP) is 4.03. The average molecular weight is 514 g/mol. The van der Waals surface area contributed by atoms with Crippen molar-refractivity contribution in [3.05, 3.63) is 89.4 Å². The number of carbonyl (C=O) groups is 1. The summed E-state index contributed by atoms with van der Waals surface area (Å²) in [6.45, 7) is 2.88. The van der Waals surface area contributed by atoms with Gasteiger partial charge in [0.1, 0.15) is 5.75 Å². The summed E-state index contributed by atoms with van der Waals surface area (Å²) in [4.78, 5) is 16.7. The normalized spacial score (nSPS) is 14.0. The first-order valence-corrected chi connectivity index (χ1v) is 13.6. The Morgan fingerprint density at radius 3 is 2.17 bits per heavy atom. The molecule has 1 aliphatic rings. The van der Waals surface area contributed by atoms with Gasteiger partial charge in [0.2, 0.25) is 10.0 Å². The third-order valence-corrected chi connectivity index (χ3v) is 7.42.